The molecule has 1 saturated heterocycles. The topological polar surface area (TPSA) is 44.7 Å². The van der Waals surface area contributed by atoms with Crippen LogP contribution in [0.1, 0.15) is 13.8 Å². The number of rotatable bonds is 3. The Hall–Kier alpha value is -1.26. The first-order chi connectivity index (χ1) is 9.05. The fourth-order valence-corrected chi connectivity index (χ4v) is 2.59. The summed E-state index contributed by atoms with van der Waals surface area (Å²) >= 11 is 0. The molecule has 2 rings (SSSR count). The molecule has 4 heteroatoms. The number of aliphatic hydroxyl groups is 1. The molecule has 1 aliphatic heterocycles. The Balaban J connectivity index is 2.29. The van der Waals surface area contributed by atoms with Crippen LogP contribution in [-0.4, -0.2) is 44.5 Å². The summed E-state index contributed by atoms with van der Waals surface area (Å²) < 4.78 is 5.45. The van der Waals surface area contributed by atoms with Crippen LogP contribution in [0, 0.1) is 5.41 Å². The van der Waals surface area contributed by atoms with E-state index in [9.17, 15) is 5.11 Å². The summed E-state index contributed by atoms with van der Waals surface area (Å²) in [5.41, 5.74) is 1.25. The van der Waals surface area contributed by atoms with Gasteiger partial charge in [-0.3, -0.25) is 0 Å². The number of benzene rings is 1. The van der Waals surface area contributed by atoms with Crippen molar-refractivity contribution in [3.8, 4) is 5.75 Å². The van der Waals surface area contributed by atoms with Crippen LogP contribution in [0.15, 0.2) is 24.3 Å². The maximum atomic E-state index is 9.46. The van der Waals surface area contributed by atoms with Gasteiger partial charge in [-0.2, -0.15) is 0 Å². The van der Waals surface area contributed by atoms with E-state index >= 15 is 0 Å². The molecule has 0 aliphatic carbocycles. The summed E-state index contributed by atoms with van der Waals surface area (Å²) in [6.07, 6.45) is 0. The van der Waals surface area contributed by atoms with Gasteiger partial charge >= 0.3 is 0 Å². The number of ether oxygens (including phenoxy) is 1. The van der Waals surface area contributed by atoms with E-state index < -0.39 is 0 Å². The zero-order valence-electron chi connectivity index (χ0n) is 12.0. The fraction of sp³-hybridized carbons (Fsp3) is 0.600. The summed E-state index contributed by atoms with van der Waals surface area (Å²) in [5.74, 6) is 0.886. The molecule has 1 heterocycles. The first kappa shape index (κ1) is 14.2. The molecular weight excluding hydrogens is 240 g/mol. The van der Waals surface area contributed by atoms with Crippen molar-refractivity contribution in [3.05, 3.63) is 24.3 Å². The summed E-state index contributed by atoms with van der Waals surface area (Å²) in [6.45, 7) is 7.27. The number of methoxy groups -OCH3 is 1. The lowest BCUT2D eigenvalue weighted by molar-refractivity contribution is 0.242. The standard InChI is InChI=1S/C15H24N2O2/c1-15(2)10-16-12(9-18)8-17(11-15)13-6-4-5-7-14(13)19-3/h4-7,12,16,18H,8-11H2,1-3H3. The van der Waals surface area contributed by atoms with E-state index in [1.165, 1.54) is 0 Å². The van der Waals surface area contributed by atoms with Gasteiger partial charge in [0.25, 0.3) is 0 Å². The number of hydrogen-bond donors (Lipinski definition) is 2. The van der Waals surface area contributed by atoms with Crippen molar-refractivity contribution in [1.82, 2.24) is 5.32 Å². The number of nitrogens with one attached hydrogen (secondary N) is 1. The number of hydrogen-bond acceptors (Lipinski definition) is 4. The highest BCUT2D eigenvalue weighted by Crippen LogP contribution is 2.31. The largest absolute Gasteiger partial charge is 0.495 e. The Labute approximate surface area is 115 Å². The third-order valence-electron chi connectivity index (χ3n) is 3.58. The molecule has 1 aromatic rings. The second-order valence-corrected chi connectivity index (χ2v) is 5.98. The highest BCUT2D eigenvalue weighted by atomic mass is 16.5. The molecule has 1 aromatic carbocycles. The van der Waals surface area contributed by atoms with Crippen LogP contribution in [0.3, 0.4) is 0 Å². The van der Waals surface area contributed by atoms with Gasteiger partial charge in [-0.1, -0.05) is 26.0 Å². The molecule has 0 amide bonds. The van der Waals surface area contributed by atoms with Gasteiger partial charge in [0, 0.05) is 25.7 Å². The van der Waals surface area contributed by atoms with Gasteiger partial charge in [-0.15, -0.1) is 0 Å². The van der Waals surface area contributed by atoms with Crippen molar-refractivity contribution in [1.29, 1.82) is 0 Å². The number of nitrogens with zero attached hydrogens (tertiary/aromatic N) is 1. The van der Waals surface area contributed by atoms with Gasteiger partial charge < -0.3 is 20.1 Å². The molecular formula is C15H24N2O2. The van der Waals surface area contributed by atoms with Gasteiger partial charge in [-0.25, -0.2) is 0 Å². The number of para-hydroxylation sites is 2. The van der Waals surface area contributed by atoms with Crippen LogP contribution in [0.5, 0.6) is 5.75 Å². The zero-order valence-corrected chi connectivity index (χ0v) is 12.0. The Kier molecular flexibility index (Phi) is 4.32. The Morgan fingerprint density at radius 2 is 2.16 bits per heavy atom. The van der Waals surface area contributed by atoms with Crippen molar-refractivity contribution in [2.75, 3.05) is 38.3 Å². The van der Waals surface area contributed by atoms with Gasteiger partial charge in [0.05, 0.1) is 19.4 Å². The van der Waals surface area contributed by atoms with E-state index in [1.807, 2.05) is 18.2 Å². The Bertz CT molecular complexity index is 420. The number of aliphatic hydroxyl groups excluding tert-OH is 1. The third-order valence-corrected chi connectivity index (χ3v) is 3.58. The lowest BCUT2D eigenvalue weighted by atomic mass is 9.93. The van der Waals surface area contributed by atoms with Gasteiger partial charge in [0.2, 0.25) is 0 Å². The minimum Gasteiger partial charge on any atom is -0.495 e. The fourth-order valence-electron chi connectivity index (χ4n) is 2.59. The highest BCUT2D eigenvalue weighted by Gasteiger charge is 2.29. The lowest BCUT2D eigenvalue weighted by Gasteiger charge is -2.31. The van der Waals surface area contributed by atoms with E-state index in [2.05, 4.69) is 30.1 Å². The van der Waals surface area contributed by atoms with E-state index in [1.54, 1.807) is 7.11 Å². The predicted octanol–water partition coefficient (Wildman–Crippen LogP) is 1.49. The molecule has 19 heavy (non-hydrogen) atoms. The second kappa shape index (κ2) is 5.80. The highest BCUT2D eigenvalue weighted by molar-refractivity contribution is 5.58. The van der Waals surface area contributed by atoms with E-state index in [0.29, 0.717) is 0 Å². The average Bonchev–Trinajstić information content (AvgIpc) is 2.57. The molecule has 0 radical (unpaired) electrons. The van der Waals surface area contributed by atoms with E-state index in [-0.39, 0.29) is 18.1 Å². The molecule has 0 bridgehead atoms. The van der Waals surface area contributed by atoms with Gasteiger partial charge in [-0.05, 0) is 17.5 Å². The molecule has 1 atom stereocenters. The monoisotopic (exact) mass is 264 g/mol. The van der Waals surface area contributed by atoms with Crippen LogP contribution < -0.4 is 15.0 Å². The quantitative estimate of drug-likeness (QED) is 0.868. The van der Waals surface area contributed by atoms with Crippen LogP contribution in [-0.2, 0) is 0 Å². The minimum atomic E-state index is 0.103. The summed E-state index contributed by atoms with van der Waals surface area (Å²) in [6, 6.07) is 8.17. The molecule has 0 aromatic heterocycles. The predicted molar refractivity (Wildman–Crippen MR) is 77.9 cm³/mol. The minimum absolute atomic E-state index is 0.103. The van der Waals surface area contributed by atoms with Crippen molar-refractivity contribution in [2.45, 2.75) is 19.9 Å². The second-order valence-electron chi connectivity index (χ2n) is 5.98. The number of anilines is 1. The van der Waals surface area contributed by atoms with E-state index in [0.717, 1.165) is 31.1 Å². The van der Waals surface area contributed by atoms with Crippen LogP contribution in [0.25, 0.3) is 0 Å². The van der Waals surface area contributed by atoms with Gasteiger partial charge in [0.15, 0.2) is 0 Å². The maximum Gasteiger partial charge on any atom is 0.142 e. The smallest absolute Gasteiger partial charge is 0.142 e. The van der Waals surface area contributed by atoms with Crippen LogP contribution in [0.2, 0.25) is 0 Å². The molecule has 1 aliphatic rings. The molecule has 106 valence electrons. The van der Waals surface area contributed by atoms with Crippen LogP contribution in [0.4, 0.5) is 5.69 Å². The molecule has 0 saturated carbocycles. The first-order valence-corrected chi connectivity index (χ1v) is 6.78. The van der Waals surface area contributed by atoms with Crippen molar-refractivity contribution in [3.63, 3.8) is 0 Å². The van der Waals surface area contributed by atoms with E-state index in [4.69, 9.17) is 4.74 Å². The first-order valence-electron chi connectivity index (χ1n) is 6.78. The maximum absolute atomic E-state index is 9.46. The molecule has 4 nitrogen and oxygen atoms in total. The van der Waals surface area contributed by atoms with Crippen molar-refractivity contribution < 1.29 is 9.84 Å². The Morgan fingerprint density at radius 1 is 1.42 bits per heavy atom. The van der Waals surface area contributed by atoms with Crippen LogP contribution >= 0.6 is 0 Å². The molecule has 1 fully saturated rings. The summed E-state index contributed by atoms with van der Waals surface area (Å²) in [4.78, 5) is 2.31. The average molecular weight is 264 g/mol. The Morgan fingerprint density at radius 3 is 2.84 bits per heavy atom. The van der Waals surface area contributed by atoms with Crippen molar-refractivity contribution in [2.24, 2.45) is 5.41 Å². The summed E-state index contributed by atoms with van der Waals surface area (Å²) in [7, 11) is 1.70. The van der Waals surface area contributed by atoms with Crippen molar-refractivity contribution >= 4 is 5.69 Å². The third kappa shape index (κ3) is 3.39. The lowest BCUT2D eigenvalue weighted by Crippen LogP contribution is -2.40. The molecule has 2 N–H and O–H groups in total. The molecule has 0 spiro atoms. The summed E-state index contributed by atoms with van der Waals surface area (Å²) in [5, 5.41) is 12.9. The normalized spacial score (nSPS) is 22.9. The molecule has 1 unspecified atom stereocenters. The van der Waals surface area contributed by atoms with Gasteiger partial charge in [0.1, 0.15) is 5.75 Å². The zero-order chi connectivity index (χ0) is 13.9. The SMILES string of the molecule is COc1ccccc1N1CC(CO)NCC(C)(C)C1.